The third-order valence-corrected chi connectivity index (χ3v) is 6.98. The average Bonchev–Trinajstić information content (AvgIpc) is 3.49. The standard InChI is InChI=1S/C30H30F3N7O4/c1-29(43,30(31,32)33)8-3-9-34-26(41)17-21-4-2-5-23(16-21)40-19-24(27-35-10-11-39(27)20-40)37-25-7-6-22(18-36-25)28(42)38-12-14-44-15-13-38/h2,4-7,10-11,16,18-19,43H,9,12-15,17,20H2,1H3,(H,34,41)(H,36,37)/q+1. The van der Waals surface area contributed by atoms with Gasteiger partial charge in [0.05, 0.1) is 37.9 Å². The number of aliphatic hydroxyl groups is 1. The molecule has 2 amide bonds. The van der Waals surface area contributed by atoms with Crippen LogP contribution in [0.15, 0.2) is 71.9 Å². The topological polar surface area (TPSA) is 125 Å². The fraction of sp³-hybridized carbons (Fsp3) is 0.333. The van der Waals surface area contributed by atoms with E-state index >= 15 is 0 Å². The summed E-state index contributed by atoms with van der Waals surface area (Å²) < 4.78 is 43.5. The molecule has 1 unspecified atom stereocenters. The van der Waals surface area contributed by atoms with Crippen LogP contribution in [-0.2, 0) is 16.0 Å². The molecule has 14 heteroatoms. The van der Waals surface area contributed by atoms with Crippen molar-refractivity contribution < 1.29 is 32.6 Å². The summed E-state index contributed by atoms with van der Waals surface area (Å²) >= 11 is 0. The second kappa shape index (κ2) is 12.9. The minimum Gasteiger partial charge on any atom is -0.378 e. The van der Waals surface area contributed by atoms with Crippen molar-refractivity contribution in [1.82, 2.24) is 20.1 Å². The van der Waals surface area contributed by atoms with Crippen LogP contribution in [0.1, 0.15) is 22.8 Å². The summed E-state index contributed by atoms with van der Waals surface area (Å²) in [6.45, 7) is 2.78. The van der Waals surface area contributed by atoms with Crippen LogP contribution in [0.25, 0.3) is 0 Å². The third-order valence-electron chi connectivity index (χ3n) is 6.98. The van der Waals surface area contributed by atoms with E-state index < -0.39 is 17.7 Å². The Morgan fingerprint density at radius 2 is 1.98 bits per heavy atom. The molecule has 3 aliphatic heterocycles. The number of morpholine rings is 1. The molecule has 1 aromatic carbocycles. The minimum atomic E-state index is -4.90. The number of aromatic nitrogens is 1. The molecule has 44 heavy (non-hydrogen) atoms. The van der Waals surface area contributed by atoms with Crippen molar-refractivity contribution in [2.75, 3.05) is 49.7 Å². The summed E-state index contributed by atoms with van der Waals surface area (Å²) in [5.41, 5.74) is -0.541. The number of alkyl halides is 3. The Kier molecular flexibility index (Phi) is 9.00. The van der Waals surface area contributed by atoms with E-state index in [1.807, 2.05) is 34.3 Å². The highest BCUT2D eigenvalue weighted by molar-refractivity contribution is 6.06. The van der Waals surface area contributed by atoms with Crippen molar-refractivity contribution >= 4 is 29.2 Å². The van der Waals surface area contributed by atoms with Gasteiger partial charge in [0, 0.05) is 31.2 Å². The monoisotopic (exact) mass is 609 g/mol. The molecule has 0 aliphatic carbocycles. The molecule has 1 radical (unpaired) electrons. The van der Waals surface area contributed by atoms with Gasteiger partial charge >= 0.3 is 12.0 Å². The molecule has 3 N–H and O–H groups in total. The van der Waals surface area contributed by atoms with Crippen LogP contribution in [0.2, 0.25) is 0 Å². The number of pyridine rings is 1. The lowest BCUT2D eigenvalue weighted by atomic mass is 10.1. The van der Waals surface area contributed by atoms with E-state index in [2.05, 4.69) is 26.5 Å². The number of hydrogen-bond acceptors (Lipinski definition) is 9. The number of nitrogens with one attached hydrogen (secondary N) is 2. The van der Waals surface area contributed by atoms with Gasteiger partial charge in [0.25, 0.3) is 5.91 Å². The fourth-order valence-electron chi connectivity index (χ4n) is 4.53. The SMILES string of the molecule is CC(O)(C#CCNC(=O)Cc1cccc(N2C=C(Nc3ccc(C(=O)N4CCOCC4)cn3)C3=NC=C[N+]3C2)c1)C(F)(F)F. The summed E-state index contributed by atoms with van der Waals surface area (Å²) in [6, 6.07) is 10.7. The quantitative estimate of drug-likeness (QED) is 0.325. The second-order valence-electron chi connectivity index (χ2n) is 10.3. The van der Waals surface area contributed by atoms with Crippen LogP contribution < -0.4 is 20.4 Å². The molecule has 1 aromatic heterocycles. The first-order valence-electron chi connectivity index (χ1n) is 13.7. The summed E-state index contributed by atoms with van der Waals surface area (Å²) in [7, 11) is 0. The molecule has 1 fully saturated rings. The number of anilines is 2. The van der Waals surface area contributed by atoms with Gasteiger partial charge in [0.2, 0.25) is 18.2 Å². The van der Waals surface area contributed by atoms with Crippen molar-refractivity contribution in [2.45, 2.75) is 25.1 Å². The number of benzene rings is 1. The van der Waals surface area contributed by atoms with Gasteiger partial charge in [0.1, 0.15) is 11.5 Å². The van der Waals surface area contributed by atoms with Gasteiger partial charge < -0.3 is 25.4 Å². The molecule has 0 spiro atoms. The highest BCUT2D eigenvalue weighted by atomic mass is 19.4. The predicted molar refractivity (Wildman–Crippen MR) is 156 cm³/mol. The van der Waals surface area contributed by atoms with E-state index in [4.69, 9.17) is 4.74 Å². The molecular formula is C30H30F3N7O4+. The Morgan fingerprint density at radius 3 is 2.70 bits per heavy atom. The predicted octanol–water partition coefficient (Wildman–Crippen LogP) is 2.28. The van der Waals surface area contributed by atoms with Gasteiger partial charge in [-0.15, -0.1) is 0 Å². The number of amidine groups is 1. The van der Waals surface area contributed by atoms with Gasteiger partial charge in [0.15, 0.2) is 6.20 Å². The van der Waals surface area contributed by atoms with Crippen molar-refractivity contribution in [3.05, 3.63) is 78.0 Å². The number of hydrogen-bond donors (Lipinski definition) is 3. The summed E-state index contributed by atoms with van der Waals surface area (Å²) in [4.78, 5) is 39.7. The zero-order chi connectivity index (χ0) is 31.3. The van der Waals surface area contributed by atoms with E-state index in [-0.39, 0.29) is 18.9 Å². The van der Waals surface area contributed by atoms with Gasteiger partial charge in [-0.25, -0.2) is 4.98 Å². The molecule has 1 saturated heterocycles. The summed E-state index contributed by atoms with van der Waals surface area (Å²) in [5.74, 6) is 4.58. The van der Waals surface area contributed by atoms with Gasteiger partial charge in [-0.2, -0.15) is 18.2 Å². The maximum atomic E-state index is 12.8. The first-order chi connectivity index (χ1) is 21.0. The van der Waals surface area contributed by atoms with Crippen LogP contribution in [0.5, 0.6) is 0 Å². The molecule has 229 valence electrons. The Morgan fingerprint density at radius 1 is 1.18 bits per heavy atom. The Bertz CT molecular complexity index is 1550. The molecule has 4 heterocycles. The molecule has 0 bridgehead atoms. The first kappa shape index (κ1) is 30.7. The lowest BCUT2D eigenvalue weighted by Crippen LogP contribution is -2.46. The van der Waals surface area contributed by atoms with E-state index in [0.717, 1.165) is 5.69 Å². The molecule has 1 atom stereocenters. The van der Waals surface area contributed by atoms with Crippen molar-refractivity contribution in [2.24, 2.45) is 4.99 Å². The number of ether oxygens (including phenoxy) is 1. The molecule has 2 aromatic rings. The lowest BCUT2D eigenvalue weighted by Gasteiger charge is -2.27. The number of carbonyl (C=O) groups is 2. The molecule has 5 rings (SSSR count). The zero-order valence-corrected chi connectivity index (χ0v) is 23.8. The van der Waals surface area contributed by atoms with E-state index in [0.29, 0.717) is 68.4 Å². The van der Waals surface area contributed by atoms with Crippen LogP contribution in [-0.4, -0.2) is 83.9 Å². The maximum Gasteiger partial charge on any atom is 0.428 e. The van der Waals surface area contributed by atoms with Crippen molar-refractivity contribution in [3.63, 3.8) is 0 Å². The number of fused-ring (bicyclic) bond motifs is 1. The number of halogens is 3. The van der Waals surface area contributed by atoms with E-state index in [1.54, 1.807) is 41.3 Å². The van der Waals surface area contributed by atoms with Crippen LogP contribution in [0.3, 0.4) is 0 Å². The Labute approximate surface area is 251 Å². The fourth-order valence-corrected chi connectivity index (χ4v) is 4.53. The van der Waals surface area contributed by atoms with Gasteiger partial charge in [-0.05, 0) is 36.8 Å². The number of rotatable bonds is 7. The average molecular weight is 610 g/mol. The minimum absolute atomic E-state index is 0.0242. The second-order valence-corrected chi connectivity index (χ2v) is 10.3. The molecule has 11 nitrogen and oxygen atoms in total. The Balaban J connectivity index is 1.24. The number of nitrogens with zero attached hydrogens (tertiary/aromatic N) is 5. The van der Waals surface area contributed by atoms with Gasteiger partial charge in [-0.1, -0.05) is 28.9 Å². The van der Waals surface area contributed by atoms with Crippen LogP contribution >= 0.6 is 0 Å². The summed E-state index contributed by atoms with van der Waals surface area (Å²) in [5, 5.41) is 15.1. The largest absolute Gasteiger partial charge is 0.428 e. The van der Waals surface area contributed by atoms with Crippen LogP contribution in [0, 0.1) is 11.8 Å². The third kappa shape index (κ3) is 7.25. The normalized spacial score (nSPS) is 17.9. The van der Waals surface area contributed by atoms with E-state index in [1.165, 1.54) is 6.20 Å². The lowest BCUT2D eigenvalue weighted by molar-refractivity contribution is -0.228. The smallest absolute Gasteiger partial charge is 0.378 e. The molecule has 3 aliphatic rings. The molecule has 0 saturated carbocycles. The molecular weight excluding hydrogens is 579 g/mol. The van der Waals surface area contributed by atoms with Crippen molar-refractivity contribution in [3.8, 4) is 11.8 Å². The number of carbonyl (C=O) groups excluding carboxylic acids is 2. The van der Waals surface area contributed by atoms with Crippen molar-refractivity contribution in [1.29, 1.82) is 0 Å². The summed E-state index contributed by atoms with van der Waals surface area (Å²) in [6.07, 6.45) is 2.01. The number of aliphatic imine (C=N–C) groups is 1. The first-order valence-corrected chi connectivity index (χ1v) is 13.7. The number of amides is 2. The Hall–Kier alpha value is -4.71. The zero-order valence-electron chi connectivity index (χ0n) is 23.8. The highest BCUT2D eigenvalue weighted by Gasteiger charge is 2.49. The highest BCUT2D eigenvalue weighted by Crippen LogP contribution is 2.29. The maximum absolute atomic E-state index is 12.8. The van der Waals surface area contributed by atoms with Gasteiger partial charge in [-0.3, -0.25) is 14.5 Å². The van der Waals surface area contributed by atoms with E-state index in [9.17, 15) is 27.9 Å². The van der Waals surface area contributed by atoms with Crippen LogP contribution in [0.4, 0.5) is 24.7 Å².